The van der Waals surface area contributed by atoms with Crippen molar-refractivity contribution in [3.05, 3.63) is 52.5 Å². The van der Waals surface area contributed by atoms with Crippen molar-refractivity contribution in [1.29, 1.82) is 0 Å². The van der Waals surface area contributed by atoms with E-state index in [0.717, 1.165) is 18.8 Å². The molecular weight excluding hydrogens is 290 g/mol. The minimum atomic E-state index is 0.417. The van der Waals surface area contributed by atoms with Gasteiger partial charge in [0.1, 0.15) is 5.82 Å². The van der Waals surface area contributed by atoms with E-state index in [1.165, 1.54) is 10.0 Å². The lowest BCUT2D eigenvalue weighted by Gasteiger charge is -2.14. The zero-order valence-electron chi connectivity index (χ0n) is 10.7. The van der Waals surface area contributed by atoms with Crippen LogP contribution in [-0.4, -0.2) is 15.6 Å². The van der Waals surface area contributed by atoms with Gasteiger partial charge in [-0.25, -0.2) is 4.98 Å². The number of benzene rings is 1. The first kappa shape index (κ1) is 13.3. The Bertz CT molecular complexity index is 507. The molecule has 1 heterocycles. The van der Waals surface area contributed by atoms with Crippen molar-refractivity contribution in [2.24, 2.45) is 7.05 Å². The minimum absolute atomic E-state index is 0.417. The predicted octanol–water partition coefficient (Wildman–Crippen LogP) is 2.90. The molecule has 2 aromatic rings. The van der Waals surface area contributed by atoms with Crippen molar-refractivity contribution in [2.45, 2.75) is 25.9 Å². The van der Waals surface area contributed by atoms with E-state index in [1.807, 2.05) is 30.1 Å². The summed E-state index contributed by atoms with van der Waals surface area (Å²) in [6, 6.07) is 8.77. The third-order valence-electron chi connectivity index (χ3n) is 3.01. The Hall–Kier alpha value is -1.13. The second-order valence-corrected chi connectivity index (χ2v) is 5.39. The normalized spacial score (nSPS) is 12.6. The average Bonchev–Trinajstić information content (AvgIpc) is 2.75. The van der Waals surface area contributed by atoms with Crippen molar-refractivity contribution in [1.82, 2.24) is 14.9 Å². The van der Waals surface area contributed by atoms with E-state index in [4.69, 9.17) is 0 Å². The number of aryl methyl sites for hydroxylation is 1. The van der Waals surface area contributed by atoms with E-state index >= 15 is 0 Å². The zero-order chi connectivity index (χ0) is 13.0. The molecule has 0 aliphatic rings. The highest BCUT2D eigenvalue weighted by Crippen LogP contribution is 2.17. The molecule has 0 radical (unpaired) electrons. The van der Waals surface area contributed by atoms with Crippen LogP contribution in [0.25, 0.3) is 0 Å². The summed E-state index contributed by atoms with van der Waals surface area (Å²) < 4.78 is 3.22. The van der Waals surface area contributed by atoms with Gasteiger partial charge in [0.15, 0.2) is 0 Å². The summed E-state index contributed by atoms with van der Waals surface area (Å²) in [6.07, 6.45) is 4.80. The fraction of sp³-hybridized carbons (Fsp3) is 0.357. The summed E-state index contributed by atoms with van der Waals surface area (Å²) in [5.74, 6) is 1.06. The molecule has 96 valence electrons. The lowest BCUT2D eigenvalue weighted by Crippen LogP contribution is -2.28. The number of halogens is 1. The van der Waals surface area contributed by atoms with Crippen molar-refractivity contribution in [2.75, 3.05) is 0 Å². The number of nitrogens with zero attached hydrogens (tertiary/aromatic N) is 2. The number of hydrogen-bond acceptors (Lipinski definition) is 2. The van der Waals surface area contributed by atoms with Gasteiger partial charge >= 0.3 is 0 Å². The van der Waals surface area contributed by atoms with Gasteiger partial charge in [0.05, 0.1) is 6.54 Å². The first-order valence-electron chi connectivity index (χ1n) is 6.10. The van der Waals surface area contributed by atoms with Gasteiger partial charge in [0, 0.05) is 30.0 Å². The standard InChI is InChI=1S/C14H18BrN3/c1-11(9-12-5-3-4-6-13(12)15)17-10-14-16-7-8-18(14)2/h3-8,11,17H,9-10H2,1-2H3/t11-/m1/s1. The van der Waals surface area contributed by atoms with E-state index < -0.39 is 0 Å². The molecule has 0 aliphatic heterocycles. The molecule has 2 rings (SSSR count). The quantitative estimate of drug-likeness (QED) is 0.920. The third-order valence-corrected chi connectivity index (χ3v) is 3.79. The lowest BCUT2D eigenvalue weighted by molar-refractivity contribution is 0.525. The van der Waals surface area contributed by atoms with Crippen molar-refractivity contribution in [3.63, 3.8) is 0 Å². The molecule has 0 amide bonds. The number of nitrogens with one attached hydrogen (secondary N) is 1. The molecule has 4 heteroatoms. The predicted molar refractivity (Wildman–Crippen MR) is 77.4 cm³/mol. The van der Waals surface area contributed by atoms with E-state index in [9.17, 15) is 0 Å². The molecule has 0 unspecified atom stereocenters. The Labute approximate surface area is 116 Å². The maximum atomic E-state index is 4.30. The highest BCUT2D eigenvalue weighted by Gasteiger charge is 2.07. The molecule has 1 N–H and O–H groups in total. The maximum absolute atomic E-state index is 4.30. The molecule has 3 nitrogen and oxygen atoms in total. The summed E-state index contributed by atoms with van der Waals surface area (Å²) in [5.41, 5.74) is 1.33. The molecule has 0 aliphatic carbocycles. The number of aromatic nitrogens is 2. The Kier molecular flexibility index (Phi) is 4.55. The first-order chi connectivity index (χ1) is 8.66. The molecule has 18 heavy (non-hydrogen) atoms. The number of imidazole rings is 1. The monoisotopic (exact) mass is 307 g/mol. The summed E-state index contributed by atoms with van der Waals surface area (Å²) in [4.78, 5) is 4.30. The fourth-order valence-corrected chi connectivity index (χ4v) is 2.34. The topological polar surface area (TPSA) is 29.9 Å². The van der Waals surface area contributed by atoms with Crippen LogP contribution in [0.15, 0.2) is 41.1 Å². The van der Waals surface area contributed by atoms with E-state index in [2.05, 4.69) is 51.4 Å². The second-order valence-electron chi connectivity index (χ2n) is 4.53. The fourth-order valence-electron chi connectivity index (χ4n) is 1.90. The van der Waals surface area contributed by atoms with Crippen molar-refractivity contribution >= 4 is 15.9 Å². The van der Waals surface area contributed by atoms with Gasteiger partial charge in [-0.1, -0.05) is 34.1 Å². The molecule has 0 fully saturated rings. The van der Waals surface area contributed by atoms with Gasteiger partial charge in [-0.3, -0.25) is 0 Å². The number of hydrogen-bond donors (Lipinski definition) is 1. The highest BCUT2D eigenvalue weighted by molar-refractivity contribution is 9.10. The highest BCUT2D eigenvalue weighted by atomic mass is 79.9. The summed E-state index contributed by atoms with van der Waals surface area (Å²) in [5, 5.41) is 3.50. The van der Waals surface area contributed by atoms with E-state index in [0.29, 0.717) is 6.04 Å². The summed E-state index contributed by atoms with van der Waals surface area (Å²) in [7, 11) is 2.02. The summed E-state index contributed by atoms with van der Waals surface area (Å²) in [6.45, 7) is 3.00. The van der Waals surface area contributed by atoms with E-state index in [-0.39, 0.29) is 0 Å². The van der Waals surface area contributed by atoms with Gasteiger partial charge in [-0.15, -0.1) is 0 Å². The Morgan fingerprint density at radius 1 is 1.39 bits per heavy atom. The van der Waals surface area contributed by atoms with Crippen molar-refractivity contribution in [3.8, 4) is 0 Å². The smallest absolute Gasteiger partial charge is 0.122 e. The van der Waals surface area contributed by atoms with E-state index in [1.54, 1.807) is 0 Å². The Balaban J connectivity index is 1.88. The largest absolute Gasteiger partial charge is 0.337 e. The molecule has 1 atom stereocenters. The Morgan fingerprint density at radius 3 is 2.83 bits per heavy atom. The van der Waals surface area contributed by atoms with Gasteiger partial charge in [0.2, 0.25) is 0 Å². The van der Waals surface area contributed by atoms with Crippen LogP contribution in [0.4, 0.5) is 0 Å². The maximum Gasteiger partial charge on any atom is 0.122 e. The van der Waals surface area contributed by atoms with Gasteiger partial charge in [0.25, 0.3) is 0 Å². The van der Waals surface area contributed by atoms with Gasteiger partial charge in [-0.05, 0) is 25.0 Å². The minimum Gasteiger partial charge on any atom is -0.337 e. The lowest BCUT2D eigenvalue weighted by atomic mass is 10.1. The van der Waals surface area contributed by atoms with Crippen LogP contribution in [0.1, 0.15) is 18.3 Å². The average molecular weight is 308 g/mol. The third kappa shape index (κ3) is 3.43. The van der Waals surface area contributed by atoms with Crippen LogP contribution in [0.5, 0.6) is 0 Å². The summed E-state index contributed by atoms with van der Waals surface area (Å²) >= 11 is 3.58. The number of rotatable bonds is 5. The van der Waals surface area contributed by atoms with Crippen LogP contribution in [0, 0.1) is 0 Å². The van der Waals surface area contributed by atoms with Gasteiger partial charge < -0.3 is 9.88 Å². The Morgan fingerprint density at radius 2 is 2.17 bits per heavy atom. The molecule has 0 saturated heterocycles. The van der Waals surface area contributed by atoms with Crippen LogP contribution in [0.2, 0.25) is 0 Å². The van der Waals surface area contributed by atoms with Crippen LogP contribution in [-0.2, 0) is 20.0 Å². The van der Waals surface area contributed by atoms with Gasteiger partial charge in [-0.2, -0.15) is 0 Å². The SMILES string of the molecule is C[C@H](Cc1ccccc1Br)NCc1nccn1C. The van der Waals surface area contributed by atoms with Crippen LogP contribution < -0.4 is 5.32 Å². The van der Waals surface area contributed by atoms with Crippen molar-refractivity contribution < 1.29 is 0 Å². The zero-order valence-corrected chi connectivity index (χ0v) is 12.3. The van der Waals surface area contributed by atoms with Crippen LogP contribution >= 0.6 is 15.9 Å². The molecular formula is C14H18BrN3. The molecule has 0 saturated carbocycles. The molecule has 1 aromatic carbocycles. The van der Waals surface area contributed by atoms with Crippen LogP contribution in [0.3, 0.4) is 0 Å². The second kappa shape index (κ2) is 6.16. The molecule has 1 aromatic heterocycles. The molecule has 0 spiro atoms. The molecule has 0 bridgehead atoms. The first-order valence-corrected chi connectivity index (χ1v) is 6.89.